The zero-order valence-corrected chi connectivity index (χ0v) is 11.3. The number of hydrogen-bond acceptors (Lipinski definition) is 1. The van der Waals surface area contributed by atoms with Crippen LogP contribution in [0.1, 0.15) is 52.9 Å². The van der Waals surface area contributed by atoms with E-state index in [4.69, 9.17) is 4.74 Å². The molecule has 4 fully saturated rings. The van der Waals surface area contributed by atoms with Crippen molar-refractivity contribution in [2.75, 3.05) is 7.11 Å². The van der Waals surface area contributed by atoms with Gasteiger partial charge in [0.1, 0.15) is 0 Å². The molecule has 0 saturated heterocycles. The van der Waals surface area contributed by atoms with E-state index >= 15 is 0 Å². The molecule has 0 atom stereocenters. The summed E-state index contributed by atoms with van der Waals surface area (Å²) in [6.45, 7) is 7.16. The van der Waals surface area contributed by atoms with E-state index in [9.17, 15) is 0 Å². The summed E-state index contributed by atoms with van der Waals surface area (Å²) < 4.78 is 6.18. The molecule has 16 heavy (non-hydrogen) atoms. The molecule has 0 aromatic carbocycles. The molecule has 0 aromatic rings. The molecule has 4 rings (SSSR count). The normalized spacial score (nSPS) is 51.0. The molecule has 4 saturated carbocycles. The molecular formula is C15H26O. The van der Waals surface area contributed by atoms with Crippen molar-refractivity contribution in [2.24, 2.45) is 29.1 Å². The van der Waals surface area contributed by atoms with Gasteiger partial charge in [-0.3, -0.25) is 0 Å². The Kier molecular flexibility index (Phi) is 2.25. The third kappa shape index (κ3) is 1.21. The Bertz CT molecular complexity index is 258. The zero-order chi connectivity index (χ0) is 11.6. The van der Waals surface area contributed by atoms with Gasteiger partial charge in [0.25, 0.3) is 0 Å². The van der Waals surface area contributed by atoms with Crippen LogP contribution in [0.4, 0.5) is 0 Å². The van der Waals surface area contributed by atoms with Gasteiger partial charge in [-0.05, 0) is 61.2 Å². The standard InChI is InChI=1S/C15H26O/c1-14(2,3)15(16-4)12-6-10-5-11(8-12)9-13(15)7-10/h10-13H,5-9H2,1-4H3. The van der Waals surface area contributed by atoms with Crippen LogP contribution in [0.2, 0.25) is 0 Å². The van der Waals surface area contributed by atoms with Crippen molar-refractivity contribution >= 4 is 0 Å². The minimum atomic E-state index is 0.181. The Labute approximate surface area is 99.9 Å². The molecule has 92 valence electrons. The summed E-state index contributed by atoms with van der Waals surface area (Å²) in [5.41, 5.74) is 0.477. The van der Waals surface area contributed by atoms with E-state index in [0.29, 0.717) is 5.41 Å². The molecule has 4 aliphatic carbocycles. The second-order valence-corrected chi connectivity index (χ2v) is 7.55. The fourth-order valence-corrected chi connectivity index (χ4v) is 5.75. The minimum Gasteiger partial charge on any atom is -0.377 e. The van der Waals surface area contributed by atoms with Crippen LogP contribution >= 0.6 is 0 Å². The highest BCUT2D eigenvalue weighted by Gasteiger charge is 2.62. The Balaban J connectivity index is 2.00. The molecule has 0 N–H and O–H groups in total. The van der Waals surface area contributed by atoms with Crippen LogP contribution in [-0.2, 0) is 4.74 Å². The molecule has 1 heteroatoms. The monoisotopic (exact) mass is 222 g/mol. The Morgan fingerprint density at radius 1 is 0.875 bits per heavy atom. The zero-order valence-electron chi connectivity index (χ0n) is 11.3. The maximum absolute atomic E-state index is 6.18. The molecule has 0 aromatic heterocycles. The summed E-state index contributed by atoms with van der Waals surface area (Å²) in [4.78, 5) is 0. The summed E-state index contributed by atoms with van der Waals surface area (Å²) in [6, 6.07) is 0. The minimum absolute atomic E-state index is 0.181. The van der Waals surface area contributed by atoms with Crippen molar-refractivity contribution in [1.29, 1.82) is 0 Å². The molecule has 1 nitrogen and oxygen atoms in total. The number of methoxy groups -OCH3 is 1. The van der Waals surface area contributed by atoms with Crippen molar-refractivity contribution in [3.63, 3.8) is 0 Å². The molecule has 4 aliphatic rings. The second kappa shape index (κ2) is 3.25. The first-order valence-electron chi connectivity index (χ1n) is 7.02. The maximum Gasteiger partial charge on any atom is 0.0783 e. The quantitative estimate of drug-likeness (QED) is 0.654. The van der Waals surface area contributed by atoms with Gasteiger partial charge in [-0.1, -0.05) is 20.8 Å². The van der Waals surface area contributed by atoms with Gasteiger partial charge in [0, 0.05) is 7.11 Å². The highest BCUT2D eigenvalue weighted by Crippen LogP contribution is 2.64. The Morgan fingerprint density at radius 3 is 1.62 bits per heavy atom. The van der Waals surface area contributed by atoms with Gasteiger partial charge in [0.05, 0.1) is 5.60 Å². The first kappa shape index (κ1) is 11.1. The third-order valence-electron chi connectivity index (χ3n) is 5.86. The predicted molar refractivity (Wildman–Crippen MR) is 66.2 cm³/mol. The van der Waals surface area contributed by atoms with Gasteiger partial charge in [-0.2, -0.15) is 0 Å². The summed E-state index contributed by atoms with van der Waals surface area (Å²) in [7, 11) is 1.97. The van der Waals surface area contributed by atoms with Crippen LogP contribution < -0.4 is 0 Å². The second-order valence-electron chi connectivity index (χ2n) is 7.55. The van der Waals surface area contributed by atoms with E-state index in [1.807, 2.05) is 7.11 Å². The fraction of sp³-hybridized carbons (Fsp3) is 1.00. The SMILES string of the molecule is COC1(C(C)(C)C)C2CC3CC(C2)CC1C3. The van der Waals surface area contributed by atoms with Crippen molar-refractivity contribution in [3.8, 4) is 0 Å². The topological polar surface area (TPSA) is 9.23 Å². The summed E-state index contributed by atoms with van der Waals surface area (Å²) >= 11 is 0. The average Bonchev–Trinajstić information content (AvgIpc) is 2.14. The lowest BCUT2D eigenvalue weighted by Crippen LogP contribution is -2.64. The lowest BCUT2D eigenvalue weighted by atomic mass is 9.45. The molecule has 0 aliphatic heterocycles. The van der Waals surface area contributed by atoms with Crippen LogP contribution in [0.5, 0.6) is 0 Å². The van der Waals surface area contributed by atoms with Crippen LogP contribution in [0.3, 0.4) is 0 Å². The van der Waals surface area contributed by atoms with Gasteiger partial charge in [0.15, 0.2) is 0 Å². The molecule has 0 heterocycles. The van der Waals surface area contributed by atoms with Gasteiger partial charge in [0.2, 0.25) is 0 Å². The van der Waals surface area contributed by atoms with Crippen molar-refractivity contribution in [1.82, 2.24) is 0 Å². The van der Waals surface area contributed by atoms with Crippen molar-refractivity contribution < 1.29 is 4.74 Å². The van der Waals surface area contributed by atoms with Crippen LogP contribution in [0.25, 0.3) is 0 Å². The van der Waals surface area contributed by atoms with E-state index < -0.39 is 0 Å². The van der Waals surface area contributed by atoms with Crippen molar-refractivity contribution in [3.05, 3.63) is 0 Å². The van der Waals surface area contributed by atoms with Gasteiger partial charge in [-0.25, -0.2) is 0 Å². The Hall–Kier alpha value is -0.0400. The highest BCUT2D eigenvalue weighted by atomic mass is 16.5. The van der Waals surface area contributed by atoms with E-state index in [0.717, 1.165) is 23.7 Å². The molecule has 0 amide bonds. The number of hydrogen-bond donors (Lipinski definition) is 0. The third-order valence-corrected chi connectivity index (χ3v) is 5.86. The first-order valence-corrected chi connectivity index (χ1v) is 7.02. The lowest BCUT2D eigenvalue weighted by molar-refractivity contribution is -0.238. The van der Waals surface area contributed by atoms with E-state index in [2.05, 4.69) is 20.8 Å². The molecule has 0 radical (unpaired) electrons. The lowest BCUT2D eigenvalue weighted by Gasteiger charge is -2.65. The maximum atomic E-state index is 6.18. The predicted octanol–water partition coefficient (Wildman–Crippen LogP) is 3.87. The molecule has 0 spiro atoms. The van der Waals surface area contributed by atoms with Gasteiger partial charge < -0.3 is 4.74 Å². The smallest absolute Gasteiger partial charge is 0.0783 e. The highest BCUT2D eigenvalue weighted by molar-refractivity contribution is 5.12. The van der Waals surface area contributed by atoms with E-state index in [1.165, 1.54) is 32.1 Å². The van der Waals surface area contributed by atoms with Gasteiger partial charge >= 0.3 is 0 Å². The molecule has 4 bridgehead atoms. The van der Waals surface area contributed by atoms with Crippen LogP contribution in [-0.4, -0.2) is 12.7 Å². The molecule has 0 unspecified atom stereocenters. The fourth-order valence-electron chi connectivity index (χ4n) is 5.75. The summed E-state index contributed by atoms with van der Waals surface area (Å²) in [6.07, 6.45) is 7.30. The summed E-state index contributed by atoms with van der Waals surface area (Å²) in [5, 5.41) is 0. The summed E-state index contributed by atoms with van der Waals surface area (Å²) in [5.74, 6) is 3.75. The van der Waals surface area contributed by atoms with Gasteiger partial charge in [-0.15, -0.1) is 0 Å². The molecular weight excluding hydrogens is 196 g/mol. The van der Waals surface area contributed by atoms with Crippen LogP contribution in [0.15, 0.2) is 0 Å². The first-order chi connectivity index (χ1) is 7.47. The largest absolute Gasteiger partial charge is 0.377 e. The number of ether oxygens (including phenoxy) is 1. The van der Waals surface area contributed by atoms with Crippen molar-refractivity contribution in [2.45, 2.75) is 58.5 Å². The Morgan fingerprint density at radius 2 is 1.31 bits per heavy atom. The average molecular weight is 222 g/mol. The number of rotatable bonds is 1. The van der Waals surface area contributed by atoms with E-state index in [-0.39, 0.29) is 5.60 Å². The van der Waals surface area contributed by atoms with E-state index in [1.54, 1.807) is 0 Å². The van der Waals surface area contributed by atoms with Crippen LogP contribution in [0, 0.1) is 29.1 Å².